The van der Waals surface area contributed by atoms with Crippen LogP contribution in [-0.4, -0.2) is 34.9 Å². The zero-order chi connectivity index (χ0) is 11.0. The van der Waals surface area contributed by atoms with E-state index >= 15 is 0 Å². The molecule has 0 aliphatic carbocycles. The third-order valence-corrected chi connectivity index (χ3v) is 2.30. The van der Waals surface area contributed by atoms with Crippen molar-refractivity contribution in [2.24, 2.45) is 0 Å². The van der Waals surface area contributed by atoms with Gasteiger partial charge in [0.05, 0.1) is 0 Å². The molecule has 0 aromatic rings. The van der Waals surface area contributed by atoms with Crippen LogP contribution in [0.4, 0.5) is 0 Å². The lowest BCUT2D eigenvalue weighted by Crippen LogP contribution is -2.13. The number of unbranched alkanes of at least 4 members (excludes halogenated alkanes) is 2. The Morgan fingerprint density at radius 1 is 1.36 bits per heavy atom. The van der Waals surface area contributed by atoms with E-state index in [1.807, 2.05) is 0 Å². The van der Waals surface area contributed by atoms with Gasteiger partial charge in [0, 0.05) is 6.61 Å². The highest BCUT2D eigenvalue weighted by atomic mass is 31.2. The van der Waals surface area contributed by atoms with Crippen molar-refractivity contribution in [3.8, 4) is 0 Å². The minimum Gasteiger partial charge on any atom is -0.374 e. The third kappa shape index (κ3) is 9.86. The molecule has 84 valence electrons. The molecule has 0 unspecified atom stereocenters. The fourth-order valence-corrected chi connectivity index (χ4v) is 1.47. The van der Waals surface area contributed by atoms with Gasteiger partial charge in [0.2, 0.25) is 0 Å². The number of Topliss-reactive ketones (excluding diaryl/α,β-unsaturated/α-hetero) is 1. The molecular formula is C8H17O5P. The van der Waals surface area contributed by atoms with Gasteiger partial charge in [0.1, 0.15) is 12.8 Å². The Kier molecular flexibility index (Phi) is 7.01. The maximum absolute atomic E-state index is 10.9. The van der Waals surface area contributed by atoms with Gasteiger partial charge in [-0.15, -0.1) is 0 Å². The van der Waals surface area contributed by atoms with Crippen molar-refractivity contribution >= 4 is 13.4 Å². The zero-order valence-electron chi connectivity index (χ0n) is 8.31. The summed E-state index contributed by atoms with van der Waals surface area (Å²) in [6, 6.07) is 0. The summed E-state index contributed by atoms with van der Waals surface area (Å²) >= 11 is 0. The predicted molar refractivity (Wildman–Crippen MR) is 52.3 cm³/mol. The molecule has 0 fully saturated rings. The number of rotatable bonds is 8. The lowest BCUT2D eigenvalue weighted by atomic mass is 10.3. The van der Waals surface area contributed by atoms with E-state index in [1.54, 1.807) is 0 Å². The molecule has 0 radical (unpaired) electrons. The fourth-order valence-electron chi connectivity index (χ4n) is 0.916. The Morgan fingerprint density at radius 3 is 2.50 bits per heavy atom. The smallest absolute Gasteiger partial charge is 0.333 e. The molecule has 0 amide bonds. The predicted octanol–water partition coefficient (Wildman–Crippen LogP) is 0.940. The number of ether oxygens (including phenoxy) is 1. The number of hydrogen-bond acceptors (Lipinski definition) is 3. The monoisotopic (exact) mass is 224 g/mol. The van der Waals surface area contributed by atoms with Gasteiger partial charge in [-0.1, -0.05) is 19.8 Å². The van der Waals surface area contributed by atoms with Crippen LogP contribution in [0, 0.1) is 0 Å². The highest BCUT2D eigenvalue weighted by Crippen LogP contribution is 2.33. The lowest BCUT2D eigenvalue weighted by molar-refractivity contribution is -0.121. The van der Waals surface area contributed by atoms with Gasteiger partial charge in [-0.2, -0.15) is 0 Å². The topological polar surface area (TPSA) is 83.8 Å². The van der Waals surface area contributed by atoms with Crippen molar-refractivity contribution in [2.45, 2.75) is 26.2 Å². The van der Waals surface area contributed by atoms with E-state index in [0.717, 1.165) is 19.3 Å². The third-order valence-electron chi connectivity index (χ3n) is 1.54. The van der Waals surface area contributed by atoms with Gasteiger partial charge in [-0.3, -0.25) is 9.36 Å². The maximum Gasteiger partial charge on any atom is 0.333 e. The number of carbonyl (C=O) groups excluding carboxylic acids is 1. The van der Waals surface area contributed by atoms with E-state index in [0.29, 0.717) is 6.61 Å². The summed E-state index contributed by atoms with van der Waals surface area (Å²) in [6.07, 6.45) is 2.26. The minimum atomic E-state index is -4.21. The van der Waals surface area contributed by atoms with Crippen LogP contribution in [0.25, 0.3) is 0 Å². The molecule has 0 heterocycles. The second kappa shape index (κ2) is 7.12. The van der Waals surface area contributed by atoms with Crippen LogP contribution in [0.1, 0.15) is 26.2 Å². The number of carbonyl (C=O) groups is 1. The first-order chi connectivity index (χ1) is 6.45. The first-order valence-corrected chi connectivity index (χ1v) is 6.39. The van der Waals surface area contributed by atoms with Crippen molar-refractivity contribution in [3.63, 3.8) is 0 Å². The lowest BCUT2D eigenvalue weighted by Gasteiger charge is -2.04. The van der Waals surface area contributed by atoms with Crippen LogP contribution in [-0.2, 0) is 14.1 Å². The quantitative estimate of drug-likeness (QED) is 0.473. The summed E-state index contributed by atoms with van der Waals surface area (Å²) in [4.78, 5) is 27.8. The molecule has 14 heavy (non-hydrogen) atoms. The van der Waals surface area contributed by atoms with E-state index in [2.05, 4.69) is 6.92 Å². The molecule has 0 saturated heterocycles. The number of hydrogen-bond donors (Lipinski definition) is 2. The van der Waals surface area contributed by atoms with Crippen LogP contribution in [0.15, 0.2) is 0 Å². The Hall–Kier alpha value is -0.220. The molecule has 0 aliphatic heterocycles. The first-order valence-electron chi connectivity index (χ1n) is 4.59. The summed E-state index contributed by atoms with van der Waals surface area (Å²) in [5, 5.41) is 0. The molecule has 0 saturated carbocycles. The van der Waals surface area contributed by atoms with Crippen LogP contribution >= 0.6 is 7.60 Å². The van der Waals surface area contributed by atoms with Crippen LogP contribution in [0.5, 0.6) is 0 Å². The van der Waals surface area contributed by atoms with Gasteiger partial charge < -0.3 is 14.5 Å². The molecule has 0 aromatic carbocycles. The molecule has 5 nitrogen and oxygen atoms in total. The van der Waals surface area contributed by atoms with Crippen LogP contribution < -0.4 is 0 Å². The van der Waals surface area contributed by atoms with Crippen LogP contribution in [0.3, 0.4) is 0 Å². The summed E-state index contributed by atoms with van der Waals surface area (Å²) in [5.74, 6) is -0.546. The normalized spacial score (nSPS) is 11.6. The van der Waals surface area contributed by atoms with E-state index in [9.17, 15) is 9.36 Å². The fraction of sp³-hybridized carbons (Fsp3) is 0.875. The van der Waals surface area contributed by atoms with Gasteiger partial charge in [-0.25, -0.2) is 0 Å². The van der Waals surface area contributed by atoms with E-state index < -0.39 is 19.5 Å². The van der Waals surface area contributed by atoms with Gasteiger partial charge in [-0.05, 0) is 6.42 Å². The molecule has 2 N–H and O–H groups in total. The molecule has 0 bridgehead atoms. The average Bonchev–Trinajstić information content (AvgIpc) is 2.00. The minimum absolute atomic E-state index is 0.200. The van der Waals surface area contributed by atoms with Crippen molar-refractivity contribution in [2.75, 3.05) is 19.4 Å². The van der Waals surface area contributed by atoms with E-state index in [-0.39, 0.29) is 6.61 Å². The Balaban J connectivity index is 3.41. The van der Waals surface area contributed by atoms with Gasteiger partial charge in [0.15, 0.2) is 5.78 Å². The van der Waals surface area contributed by atoms with E-state index in [1.165, 1.54) is 0 Å². The molecule has 0 aliphatic rings. The SMILES string of the molecule is CCCCCOCC(=O)CP(=O)(O)O. The summed E-state index contributed by atoms with van der Waals surface area (Å²) in [5.41, 5.74) is 0. The Morgan fingerprint density at radius 2 is 2.00 bits per heavy atom. The molecule has 0 aromatic heterocycles. The highest BCUT2D eigenvalue weighted by Gasteiger charge is 2.18. The van der Waals surface area contributed by atoms with Crippen molar-refractivity contribution in [3.05, 3.63) is 0 Å². The van der Waals surface area contributed by atoms with Gasteiger partial charge >= 0.3 is 7.60 Å². The standard InChI is InChI=1S/C8H17O5P/c1-2-3-4-5-13-6-8(9)7-14(10,11)12/h2-7H2,1H3,(H2,10,11,12). The second-order valence-corrected chi connectivity index (χ2v) is 4.77. The van der Waals surface area contributed by atoms with Crippen molar-refractivity contribution in [1.82, 2.24) is 0 Å². The molecule has 0 spiro atoms. The molecule has 0 atom stereocenters. The summed E-state index contributed by atoms with van der Waals surface area (Å²) in [6.45, 7) is 2.33. The number of ketones is 1. The van der Waals surface area contributed by atoms with Crippen LogP contribution in [0.2, 0.25) is 0 Å². The first kappa shape index (κ1) is 13.8. The molecule has 0 rings (SSSR count). The summed E-state index contributed by atoms with van der Waals surface area (Å²) < 4.78 is 15.3. The molecular weight excluding hydrogens is 207 g/mol. The largest absolute Gasteiger partial charge is 0.374 e. The zero-order valence-corrected chi connectivity index (χ0v) is 9.20. The summed E-state index contributed by atoms with van der Waals surface area (Å²) in [7, 11) is -4.21. The van der Waals surface area contributed by atoms with E-state index in [4.69, 9.17) is 14.5 Å². The van der Waals surface area contributed by atoms with Gasteiger partial charge in [0.25, 0.3) is 0 Å². The Bertz CT molecular complexity index is 210. The van der Waals surface area contributed by atoms with Crippen molar-refractivity contribution < 1.29 is 23.9 Å². The average molecular weight is 224 g/mol. The second-order valence-electron chi connectivity index (χ2n) is 3.12. The molecule has 6 heteroatoms. The highest BCUT2D eigenvalue weighted by molar-refractivity contribution is 7.52. The maximum atomic E-state index is 10.9. The Labute approximate surface area is 83.6 Å². The van der Waals surface area contributed by atoms with Crippen molar-refractivity contribution in [1.29, 1.82) is 0 Å².